The molecule has 0 radical (unpaired) electrons. The molecule has 0 saturated heterocycles. The lowest BCUT2D eigenvalue weighted by Gasteiger charge is -2.09. The third-order valence-corrected chi connectivity index (χ3v) is 2.00. The molecule has 0 atom stereocenters. The minimum atomic E-state index is -0.186. The summed E-state index contributed by atoms with van der Waals surface area (Å²) in [4.78, 5) is 17.9. The number of rotatable bonds is 4. The first-order valence-corrected chi connectivity index (χ1v) is 4.48. The first kappa shape index (κ1) is 9.77. The molecule has 4 heteroatoms. The summed E-state index contributed by atoms with van der Waals surface area (Å²) in [7, 11) is 0. The molecule has 0 aliphatic heterocycles. The summed E-state index contributed by atoms with van der Waals surface area (Å²) in [5.41, 5.74) is 0. The number of nitrogens with one attached hydrogen (secondary N) is 1. The topological polar surface area (TPSA) is 55.0 Å². The number of ether oxygens (including phenoxy) is 1. The molecule has 0 saturated carbocycles. The van der Waals surface area contributed by atoms with Gasteiger partial charge in [-0.05, 0) is 12.8 Å². The van der Waals surface area contributed by atoms with E-state index in [0.29, 0.717) is 5.88 Å². The molecular formula is C9H14N2O2. The molecule has 0 unspecified atom stereocenters. The van der Waals surface area contributed by atoms with Gasteiger partial charge < -0.3 is 9.72 Å². The molecule has 4 nitrogen and oxygen atoms in total. The largest absolute Gasteiger partial charge is 0.408 e. The zero-order valence-corrected chi connectivity index (χ0v) is 7.91. The summed E-state index contributed by atoms with van der Waals surface area (Å²) < 4.78 is 5.04. The number of carbonyl (C=O) groups excluding carboxylic acids is 1. The van der Waals surface area contributed by atoms with Crippen molar-refractivity contribution in [1.82, 2.24) is 9.97 Å². The van der Waals surface area contributed by atoms with E-state index in [2.05, 4.69) is 9.97 Å². The van der Waals surface area contributed by atoms with E-state index in [9.17, 15) is 4.79 Å². The molecule has 72 valence electrons. The molecule has 0 fully saturated rings. The molecular weight excluding hydrogens is 168 g/mol. The van der Waals surface area contributed by atoms with Gasteiger partial charge in [-0.1, -0.05) is 13.8 Å². The molecule has 1 N–H and O–H groups in total. The smallest absolute Gasteiger partial charge is 0.315 e. The summed E-state index contributed by atoms with van der Waals surface area (Å²) in [6.45, 7) is 3.95. The van der Waals surface area contributed by atoms with E-state index in [4.69, 9.17) is 4.74 Å². The van der Waals surface area contributed by atoms with Gasteiger partial charge in [0.25, 0.3) is 0 Å². The molecule has 0 aliphatic carbocycles. The number of hydrogen-bond acceptors (Lipinski definition) is 3. The minimum Gasteiger partial charge on any atom is -0.408 e. The fourth-order valence-corrected chi connectivity index (χ4v) is 1.11. The average Bonchev–Trinajstić information content (AvgIpc) is 2.59. The quantitative estimate of drug-likeness (QED) is 0.722. The monoisotopic (exact) mass is 182 g/mol. The normalized spacial score (nSPS) is 10.4. The van der Waals surface area contributed by atoms with Crippen LogP contribution in [0.5, 0.6) is 5.88 Å². The molecule has 0 spiro atoms. The van der Waals surface area contributed by atoms with Crippen molar-refractivity contribution in [2.75, 3.05) is 0 Å². The van der Waals surface area contributed by atoms with Crippen LogP contribution in [0.3, 0.4) is 0 Å². The summed E-state index contributed by atoms with van der Waals surface area (Å²) in [5.74, 6) is 0.217. The van der Waals surface area contributed by atoms with E-state index >= 15 is 0 Å². The van der Waals surface area contributed by atoms with Crippen molar-refractivity contribution in [2.45, 2.75) is 26.7 Å². The number of aromatic amines is 1. The predicted octanol–water partition coefficient (Wildman–Crippen LogP) is 1.75. The zero-order valence-electron chi connectivity index (χ0n) is 7.91. The van der Waals surface area contributed by atoms with Gasteiger partial charge in [-0.25, -0.2) is 4.98 Å². The Morgan fingerprint density at radius 3 is 2.77 bits per heavy atom. The number of imidazole rings is 1. The maximum absolute atomic E-state index is 11.4. The van der Waals surface area contributed by atoms with Gasteiger partial charge in [0, 0.05) is 0 Å². The Kier molecular flexibility index (Phi) is 3.49. The molecule has 1 aromatic heterocycles. The molecule has 0 bridgehead atoms. The third kappa shape index (κ3) is 2.57. The van der Waals surface area contributed by atoms with Crippen LogP contribution in [0.2, 0.25) is 0 Å². The summed E-state index contributed by atoms with van der Waals surface area (Å²) in [6.07, 6.45) is 4.59. The number of H-pyrrole nitrogens is 1. The standard InChI is InChI=1S/C9H14N2O2/c1-3-7(4-2)9(12)13-8-5-10-6-11-8/h5-7H,3-4H2,1-2H3,(H,10,11). The van der Waals surface area contributed by atoms with Gasteiger partial charge in [-0.15, -0.1) is 0 Å². The van der Waals surface area contributed by atoms with E-state index in [1.807, 2.05) is 13.8 Å². The number of hydrogen-bond donors (Lipinski definition) is 1. The Bertz CT molecular complexity index is 253. The molecule has 13 heavy (non-hydrogen) atoms. The maximum Gasteiger partial charge on any atom is 0.315 e. The van der Waals surface area contributed by atoms with E-state index in [1.165, 1.54) is 12.5 Å². The first-order chi connectivity index (χ1) is 6.27. The maximum atomic E-state index is 11.4. The molecule has 0 amide bonds. The first-order valence-electron chi connectivity index (χ1n) is 4.48. The molecule has 1 rings (SSSR count). The van der Waals surface area contributed by atoms with Crippen LogP contribution in [0.4, 0.5) is 0 Å². The van der Waals surface area contributed by atoms with E-state index < -0.39 is 0 Å². The fraction of sp³-hybridized carbons (Fsp3) is 0.556. The van der Waals surface area contributed by atoms with Gasteiger partial charge in [0.1, 0.15) is 0 Å². The second kappa shape index (κ2) is 4.64. The highest BCUT2D eigenvalue weighted by atomic mass is 16.5. The molecule has 0 aromatic carbocycles. The van der Waals surface area contributed by atoms with Crippen LogP contribution in [0.1, 0.15) is 26.7 Å². The summed E-state index contributed by atoms with van der Waals surface area (Å²) in [5, 5.41) is 0. The van der Waals surface area contributed by atoms with E-state index in [1.54, 1.807) is 0 Å². The fourth-order valence-electron chi connectivity index (χ4n) is 1.11. The van der Waals surface area contributed by atoms with Crippen molar-refractivity contribution < 1.29 is 9.53 Å². The Balaban J connectivity index is 2.49. The Morgan fingerprint density at radius 1 is 1.62 bits per heavy atom. The van der Waals surface area contributed by atoms with Crippen molar-refractivity contribution in [1.29, 1.82) is 0 Å². The van der Waals surface area contributed by atoms with Crippen molar-refractivity contribution in [2.24, 2.45) is 5.92 Å². The molecule has 0 aliphatic rings. The van der Waals surface area contributed by atoms with Gasteiger partial charge >= 0.3 is 5.97 Å². The Morgan fingerprint density at radius 2 is 2.31 bits per heavy atom. The lowest BCUT2D eigenvalue weighted by molar-refractivity contribution is -0.139. The van der Waals surface area contributed by atoms with Gasteiger partial charge in [0.15, 0.2) is 0 Å². The van der Waals surface area contributed by atoms with Crippen LogP contribution in [0, 0.1) is 5.92 Å². The van der Waals surface area contributed by atoms with Gasteiger partial charge in [0.2, 0.25) is 5.88 Å². The predicted molar refractivity (Wildman–Crippen MR) is 48.3 cm³/mol. The summed E-state index contributed by atoms with van der Waals surface area (Å²) in [6, 6.07) is 0. The minimum absolute atomic E-state index is 0.0108. The number of esters is 1. The van der Waals surface area contributed by atoms with Gasteiger partial charge in [-0.2, -0.15) is 0 Å². The highest BCUT2D eigenvalue weighted by Gasteiger charge is 2.16. The highest BCUT2D eigenvalue weighted by Crippen LogP contribution is 2.12. The van der Waals surface area contributed by atoms with Crippen molar-refractivity contribution >= 4 is 5.97 Å². The van der Waals surface area contributed by atoms with Crippen LogP contribution >= 0.6 is 0 Å². The molecule has 1 aromatic rings. The van der Waals surface area contributed by atoms with Crippen molar-refractivity contribution in [3.05, 3.63) is 12.5 Å². The van der Waals surface area contributed by atoms with E-state index in [-0.39, 0.29) is 11.9 Å². The van der Waals surface area contributed by atoms with Crippen LogP contribution < -0.4 is 4.74 Å². The lowest BCUT2D eigenvalue weighted by Crippen LogP contribution is -2.19. The average molecular weight is 182 g/mol. The van der Waals surface area contributed by atoms with Crippen LogP contribution in [-0.2, 0) is 4.79 Å². The van der Waals surface area contributed by atoms with Gasteiger partial charge in [0.05, 0.1) is 18.4 Å². The number of nitrogens with zero attached hydrogens (tertiary/aromatic N) is 1. The molecule has 1 heterocycles. The Labute approximate surface area is 77.3 Å². The lowest BCUT2D eigenvalue weighted by atomic mass is 10.0. The zero-order chi connectivity index (χ0) is 9.68. The Hall–Kier alpha value is -1.32. The van der Waals surface area contributed by atoms with Gasteiger partial charge in [-0.3, -0.25) is 4.79 Å². The van der Waals surface area contributed by atoms with Crippen LogP contribution in [0.15, 0.2) is 12.5 Å². The third-order valence-electron chi connectivity index (χ3n) is 2.00. The van der Waals surface area contributed by atoms with Crippen molar-refractivity contribution in [3.8, 4) is 5.88 Å². The van der Waals surface area contributed by atoms with Crippen LogP contribution in [0.25, 0.3) is 0 Å². The SMILES string of the molecule is CCC(CC)C(=O)Oc1cnc[nH]1. The van der Waals surface area contributed by atoms with Crippen molar-refractivity contribution in [3.63, 3.8) is 0 Å². The highest BCUT2D eigenvalue weighted by molar-refractivity contribution is 5.74. The second-order valence-corrected chi connectivity index (χ2v) is 2.85. The summed E-state index contributed by atoms with van der Waals surface area (Å²) >= 11 is 0. The van der Waals surface area contributed by atoms with E-state index in [0.717, 1.165) is 12.8 Å². The van der Waals surface area contributed by atoms with Crippen LogP contribution in [-0.4, -0.2) is 15.9 Å². The number of carbonyl (C=O) groups is 1. The second-order valence-electron chi connectivity index (χ2n) is 2.85. The number of aromatic nitrogens is 2.